The van der Waals surface area contributed by atoms with Crippen LogP contribution in [0.1, 0.15) is 25.1 Å². The van der Waals surface area contributed by atoms with Gasteiger partial charge in [0.15, 0.2) is 0 Å². The van der Waals surface area contributed by atoms with Gasteiger partial charge in [0.25, 0.3) is 0 Å². The van der Waals surface area contributed by atoms with E-state index in [1.807, 2.05) is 61.5 Å². The van der Waals surface area contributed by atoms with Crippen LogP contribution in [0.2, 0.25) is 0 Å². The lowest BCUT2D eigenvalue weighted by atomic mass is 10.2. The Hall–Kier alpha value is -2.92. The number of nitrogens with one attached hydrogen (secondary N) is 1. The SMILES string of the molecule is Cc1cc(NC(=O)CN(Cc2ccccc2)C(C)C)n(-c2ccccc2)n1. The third-order valence-corrected chi connectivity index (χ3v) is 4.41. The van der Waals surface area contributed by atoms with Crippen molar-refractivity contribution in [3.05, 3.63) is 78.0 Å². The largest absolute Gasteiger partial charge is 0.309 e. The Balaban J connectivity index is 1.71. The number of aryl methyl sites for hydroxylation is 1. The number of amides is 1. The molecule has 0 aliphatic rings. The van der Waals surface area contributed by atoms with Gasteiger partial charge in [0.05, 0.1) is 17.9 Å². The van der Waals surface area contributed by atoms with Crippen LogP contribution < -0.4 is 5.32 Å². The summed E-state index contributed by atoms with van der Waals surface area (Å²) in [6, 6.07) is 22.2. The average molecular weight is 362 g/mol. The molecule has 1 amide bonds. The highest BCUT2D eigenvalue weighted by Crippen LogP contribution is 2.17. The second-order valence-corrected chi connectivity index (χ2v) is 6.95. The number of rotatable bonds is 7. The predicted octanol–water partition coefficient (Wildman–Crippen LogP) is 4.03. The molecule has 0 aliphatic heterocycles. The lowest BCUT2D eigenvalue weighted by molar-refractivity contribution is -0.117. The molecule has 0 saturated carbocycles. The molecule has 0 radical (unpaired) electrons. The first-order valence-electron chi connectivity index (χ1n) is 9.23. The van der Waals surface area contributed by atoms with Gasteiger partial charge in [0, 0.05) is 18.7 Å². The van der Waals surface area contributed by atoms with E-state index in [2.05, 4.69) is 41.3 Å². The summed E-state index contributed by atoms with van der Waals surface area (Å²) in [7, 11) is 0. The number of nitrogens with zero attached hydrogens (tertiary/aromatic N) is 3. The number of anilines is 1. The van der Waals surface area contributed by atoms with Gasteiger partial charge >= 0.3 is 0 Å². The quantitative estimate of drug-likeness (QED) is 0.690. The minimum absolute atomic E-state index is 0.0447. The number of carbonyl (C=O) groups excluding carboxylic acids is 1. The zero-order chi connectivity index (χ0) is 19.2. The summed E-state index contributed by atoms with van der Waals surface area (Å²) in [5, 5.41) is 7.53. The van der Waals surface area contributed by atoms with Crippen molar-refractivity contribution in [1.82, 2.24) is 14.7 Å². The molecule has 5 nitrogen and oxygen atoms in total. The number of aromatic nitrogens is 2. The molecule has 0 unspecified atom stereocenters. The van der Waals surface area contributed by atoms with E-state index in [1.54, 1.807) is 4.68 Å². The summed E-state index contributed by atoms with van der Waals surface area (Å²) < 4.78 is 1.77. The van der Waals surface area contributed by atoms with E-state index in [0.29, 0.717) is 12.4 Å². The zero-order valence-electron chi connectivity index (χ0n) is 16.1. The Morgan fingerprint density at radius 1 is 1.07 bits per heavy atom. The molecular formula is C22H26N4O. The molecule has 0 bridgehead atoms. The van der Waals surface area contributed by atoms with Crippen LogP contribution in [0.25, 0.3) is 5.69 Å². The zero-order valence-corrected chi connectivity index (χ0v) is 16.1. The summed E-state index contributed by atoms with van der Waals surface area (Å²) >= 11 is 0. The fourth-order valence-corrected chi connectivity index (χ4v) is 2.96. The minimum Gasteiger partial charge on any atom is -0.309 e. The molecule has 0 atom stereocenters. The second-order valence-electron chi connectivity index (χ2n) is 6.95. The maximum absolute atomic E-state index is 12.7. The summed E-state index contributed by atoms with van der Waals surface area (Å²) in [6.45, 7) is 7.20. The van der Waals surface area contributed by atoms with Crippen molar-refractivity contribution in [3.63, 3.8) is 0 Å². The van der Waals surface area contributed by atoms with Gasteiger partial charge in [-0.15, -0.1) is 0 Å². The molecular weight excluding hydrogens is 336 g/mol. The van der Waals surface area contributed by atoms with E-state index in [0.717, 1.165) is 17.9 Å². The van der Waals surface area contributed by atoms with Crippen LogP contribution in [0.4, 0.5) is 5.82 Å². The van der Waals surface area contributed by atoms with Crippen molar-refractivity contribution >= 4 is 11.7 Å². The summed E-state index contributed by atoms with van der Waals surface area (Å²) in [4.78, 5) is 14.9. The van der Waals surface area contributed by atoms with E-state index in [-0.39, 0.29) is 11.9 Å². The lowest BCUT2D eigenvalue weighted by Gasteiger charge is -2.26. The molecule has 0 saturated heterocycles. The molecule has 3 rings (SSSR count). The number of benzene rings is 2. The van der Waals surface area contributed by atoms with E-state index >= 15 is 0 Å². The monoisotopic (exact) mass is 362 g/mol. The van der Waals surface area contributed by atoms with Gasteiger partial charge in [-0.1, -0.05) is 48.5 Å². The van der Waals surface area contributed by atoms with E-state index in [9.17, 15) is 4.79 Å². The fourth-order valence-electron chi connectivity index (χ4n) is 2.96. The Labute approximate surface area is 160 Å². The smallest absolute Gasteiger partial charge is 0.239 e. The van der Waals surface area contributed by atoms with Crippen LogP contribution >= 0.6 is 0 Å². The third-order valence-electron chi connectivity index (χ3n) is 4.41. The molecule has 2 aromatic carbocycles. The van der Waals surface area contributed by atoms with Crippen molar-refractivity contribution in [2.75, 3.05) is 11.9 Å². The highest BCUT2D eigenvalue weighted by molar-refractivity contribution is 5.91. The maximum Gasteiger partial charge on any atom is 0.239 e. The minimum atomic E-state index is -0.0447. The first-order chi connectivity index (χ1) is 13.0. The third kappa shape index (κ3) is 5.05. The van der Waals surface area contributed by atoms with Gasteiger partial charge in [-0.25, -0.2) is 4.68 Å². The standard InChI is InChI=1S/C22H26N4O/c1-17(2)25(15-19-10-6-4-7-11-19)16-22(27)23-21-14-18(3)24-26(21)20-12-8-5-9-13-20/h4-14,17H,15-16H2,1-3H3,(H,23,27). The number of para-hydroxylation sites is 1. The van der Waals surface area contributed by atoms with E-state index in [1.165, 1.54) is 5.56 Å². The van der Waals surface area contributed by atoms with Crippen molar-refractivity contribution in [3.8, 4) is 5.69 Å². The number of hydrogen-bond donors (Lipinski definition) is 1. The van der Waals surface area contributed by atoms with Crippen molar-refractivity contribution in [2.24, 2.45) is 0 Å². The maximum atomic E-state index is 12.7. The van der Waals surface area contributed by atoms with Gasteiger partial charge in [-0.3, -0.25) is 9.69 Å². The molecule has 0 fully saturated rings. The van der Waals surface area contributed by atoms with E-state index < -0.39 is 0 Å². The first kappa shape index (κ1) is 18.9. The van der Waals surface area contributed by atoms with Crippen molar-refractivity contribution in [1.29, 1.82) is 0 Å². The van der Waals surface area contributed by atoms with Gasteiger partial charge in [-0.05, 0) is 38.5 Å². The summed E-state index contributed by atoms with van der Waals surface area (Å²) in [6.07, 6.45) is 0. The second kappa shape index (κ2) is 8.64. The van der Waals surface area contributed by atoms with Crippen LogP contribution in [0.5, 0.6) is 0 Å². The highest BCUT2D eigenvalue weighted by Gasteiger charge is 2.17. The normalized spacial score (nSPS) is 11.1. The lowest BCUT2D eigenvalue weighted by Crippen LogP contribution is -2.37. The Morgan fingerprint density at radius 3 is 2.33 bits per heavy atom. The van der Waals surface area contributed by atoms with Crippen LogP contribution in [0, 0.1) is 6.92 Å². The number of hydrogen-bond acceptors (Lipinski definition) is 3. The molecule has 1 aromatic heterocycles. The van der Waals surface area contributed by atoms with Crippen LogP contribution in [0.3, 0.4) is 0 Å². The molecule has 5 heteroatoms. The van der Waals surface area contributed by atoms with Gasteiger partial charge < -0.3 is 5.32 Å². The van der Waals surface area contributed by atoms with Gasteiger partial charge in [0.1, 0.15) is 5.82 Å². The predicted molar refractivity (Wildman–Crippen MR) is 109 cm³/mol. The number of carbonyl (C=O) groups is 1. The van der Waals surface area contributed by atoms with Crippen LogP contribution in [0.15, 0.2) is 66.7 Å². The van der Waals surface area contributed by atoms with Gasteiger partial charge in [-0.2, -0.15) is 5.10 Å². The van der Waals surface area contributed by atoms with E-state index in [4.69, 9.17) is 0 Å². The van der Waals surface area contributed by atoms with Gasteiger partial charge in [0.2, 0.25) is 5.91 Å². The molecule has 140 valence electrons. The first-order valence-corrected chi connectivity index (χ1v) is 9.23. The van der Waals surface area contributed by atoms with Crippen molar-refractivity contribution in [2.45, 2.75) is 33.4 Å². The molecule has 27 heavy (non-hydrogen) atoms. The molecule has 3 aromatic rings. The Bertz CT molecular complexity index is 872. The van der Waals surface area contributed by atoms with Crippen LogP contribution in [-0.2, 0) is 11.3 Å². The fraction of sp³-hybridized carbons (Fsp3) is 0.273. The molecule has 0 spiro atoms. The van der Waals surface area contributed by atoms with Crippen molar-refractivity contribution < 1.29 is 4.79 Å². The highest BCUT2D eigenvalue weighted by atomic mass is 16.2. The molecule has 1 N–H and O–H groups in total. The topological polar surface area (TPSA) is 50.2 Å². The average Bonchev–Trinajstić information content (AvgIpc) is 3.02. The molecule has 1 heterocycles. The molecule has 0 aliphatic carbocycles. The van der Waals surface area contributed by atoms with Crippen LogP contribution in [-0.4, -0.2) is 33.2 Å². The Kier molecular flexibility index (Phi) is 6.04. The summed E-state index contributed by atoms with van der Waals surface area (Å²) in [5.41, 5.74) is 2.98. The Morgan fingerprint density at radius 2 is 1.70 bits per heavy atom. The summed E-state index contributed by atoms with van der Waals surface area (Å²) in [5.74, 6) is 0.642.